The summed E-state index contributed by atoms with van der Waals surface area (Å²) in [5.41, 5.74) is 3.34. The maximum absolute atomic E-state index is 13.3. The molecule has 0 aliphatic rings. The minimum atomic E-state index is -0.194. The van der Waals surface area contributed by atoms with Gasteiger partial charge in [0.1, 0.15) is 5.82 Å². The van der Waals surface area contributed by atoms with Gasteiger partial charge in [-0.15, -0.1) is 0 Å². The van der Waals surface area contributed by atoms with E-state index in [4.69, 9.17) is 11.6 Å². The van der Waals surface area contributed by atoms with Crippen molar-refractivity contribution in [2.75, 3.05) is 6.54 Å². The highest BCUT2D eigenvalue weighted by atomic mass is 35.5. The van der Waals surface area contributed by atoms with Crippen molar-refractivity contribution in [3.8, 4) is 0 Å². The van der Waals surface area contributed by atoms with Gasteiger partial charge in [-0.05, 0) is 60.8 Å². The summed E-state index contributed by atoms with van der Waals surface area (Å²) in [5, 5.41) is 4.18. The van der Waals surface area contributed by atoms with Crippen molar-refractivity contribution in [1.82, 2.24) is 5.32 Å². The zero-order chi connectivity index (χ0) is 14.5. The SMILES string of the molecule is CCNC(Cc1cccc(F)c1)c1cc(Cl)ccc1C. The zero-order valence-electron chi connectivity index (χ0n) is 11.8. The second kappa shape index (κ2) is 6.87. The molecule has 0 aromatic heterocycles. The lowest BCUT2D eigenvalue weighted by molar-refractivity contribution is 0.544. The second-order valence-electron chi connectivity index (χ2n) is 4.95. The lowest BCUT2D eigenvalue weighted by Crippen LogP contribution is -2.23. The zero-order valence-corrected chi connectivity index (χ0v) is 12.5. The molecule has 3 heteroatoms. The predicted molar refractivity (Wildman–Crippen MR) is 82.7 cm³/mol. The Labute approximate surface area is 124 Å². The van der Waals surface area contributed by atoms with Gasteiger partial charge in [-0.1, -0.05) is 36.7 Å². The fourth-order valence-corrected chi connectivity index (χ4v) is 2.61. The third kappa shape index (κ3) is 3.81. The number of likely N-dealkylation sites (N-methyl/N-ethyl adjacent to an activating group) is 1. The van der Waals surface area contributed by atoms with Crippen LogP contribution in [0.1, 0.15) is 29.7 Å². The molecule has 1 unspecified atom stereocenters. The van der Waals surface area contributed by atoms with E-state index in [0.717, 1.165) is 23.6 Å². The standard InChI is InChI=1S/C17H19ClFN/c1-3-20-17(10-13-5-4-6-15(19)9-13)16-11-14(18)8-7-12(16)2/h4-9,11,17,20H,3,10H2,1-2H3. The molecular formula is C17H19ClFN. The molecule has 106 valence electrons. The Hall–Kier alpha value is -1.38. The maximum atomic E-state index is 13.3. The molecule has 2 rings (SSSR count). The summed E-state index contributed by atoms with van der Waals surface area (Å²) < 4.78 is 13.3. The average Bonchev–Trinajstić information content (AvgIpc) is 2.41. The summed E-state index contributed by atoms with van der Waals surface area (Å²) in [6.07, 6.45) is 0.743. The maximum Gasteiger partial charge on any atom is 0.123 e. The third-order valence-corrected chi connectivity index (χ3v) is 3.63. The minimum absolute atomic E-state index is 0.139. The first-order chi connectivity index (χ1) is 9.60. The van der Waals surface area contributed by atoms with Crippen molar-refractivity contribution in [3.05, 3.63) is 70.0 Å². The van der Waals surface area contributed by atoms with Crippen LogP contribution in [0.25, 0.3) is 0 Å². The second-order valence-corrected chi connectivity index (χ2v) is 5.38. The van der Waals surface area contributed by atoms with Crippen LogP contribution in [0.4, 0.5) is 4.39 Å². The van der Waals surface area contributed by atoms with Crippen molar-refractivity contribution < 1.29 is 4.39 Å². The Kier molecular flexibility index (Phi) is 5.16. The Morgan fingerprint density at radius 2 is 2.00 bits per heavy atom. The Morgan fingerprint density at radius 1 is 1.20 bits per heavy atom. The Bertz CT molecular complexity index is 583. The van der Waals surface area contributed by atoms with Crippen LogP contribution >= 0.6 is 11.6 Å². The van der Waals surface area contributed by atoms with Crippen molar-refractivity contribution in [1.29, 1.82) is 0 Å². The normalized spacial score (nSPS) is 12.4. The number of aryl methyl sites for hydroxylation is 1. The molecule has 0 amide bonds. The van der Waals surface area contributed by atoms with E-state index in [1.807, 2.05) is 24.3 Å². The highest BCUT2D eigenvalue weighted by Crippen LogP contribution is 2.25. The topological polar surface area (TPSA) is 12.0 Å². The molecule has 0 spiro atoms. The highest BCUT2D eigenvalue weighted by molar-refractivity contribution is 6.30. The lowest BCUT2D eigenvalue weighted by atomic mass is 9.95. The van der Waals surface area contributed by atoms with Gasteiger partial charge in [-0.25, -0.2) is 4.39 Å². The van der Waals surface area contributed by atoms with Crippen molar-refractivity contribution >= 4 is 11.6 Å². The van der Waals surface area contributed by atoms with E-state index >= 15 is 0 Å². The number of rotatable bonds is 5. The predicted octanol–water partition coefficient (Wildman–Crippen LogP) is 4.68. The number of nitrogens with one attached hydrogen (secondary N) is 1. The summed E-state index contributed by atoms with van der Waals surface area (Å²) in [7, 11) is 0. The van der Waals surface area contributed by atoms with Crippen LogP contribution in [0.3, 0.4) is 0 Å². The van der Waals surface area contributed by atoms with Crippen LogP contribution in [-0.4, -0.2) is 6.54 Å². The first-order valence-electron chi connectivity index (χ1n) is 6.84. The molecule has 0 bridgehead atoms. The van der Waals surface area contributed by atoms with Gasteiger partial charge in [0.25, 0.3) is 0 Å². The molecule has 0 saturated carbocycles. The minimum Gasteiger partial charge on any atom is -0.310 e. The Balaban J connectivity index is 2.29. The fourth-order valence-electron chi connectivity index (χ4n) is 2.42. The van der Waals surface area contributed by atoms with Gasteiger partial charge in [0.2, 0.25) is 0 Å². The van der Waals surface area contributed by atoms with Gasteiger partial charge < -0.3 is 5.32 Å². The fraction of sp³-hybridized carbons (Fsp3) is 0.294. The molecule has 2 aromatic carbocycles. The summed E-state index contributed by atoms with van der Waals surface area (Å²) in [6, 6.07) is 12.8. The smallest absolute Gasteiger partial charge is 0.123 e. The van der Waals surface area contributed by atoms with Gasteiger partial charge in [0.15, 0.2) is 0 Å². The molecule has 0 saturated heterocycles. The van der Waals surface area contributed by atoms with E-state index in [1.165, 1.54) is 17.2 Å². The van der Waals surface area contributed by atoms with E-state index in [0.29, 0.717) is 0 Å². The first kappa shape index (κ1) is 15.0. The van der Waals surface area contributed by atoms with E-state index < -0.39 is 0 Å². The van der Waals surface area contributed by atoms with Crippen molar-refractivity contribution in [2.45, 2.75) is 26.3 Å². The van der Waals surface area contributed by atoms with Crippen LogP contribution in [-0.2, 0) is 6.42 Å². The molecule has 20 heavy (non-hydrogen) atoms. The molecule has 0 aliphatic heterocycles. The van der Waals surface area contributed by atoms with E-state index in [-0.39, 0.29) is 11.9 Å². The molecule has 1 nitrogen and oxygen atoms in total. The van der Waals surface area contributed by atoms with E-state index in [2.05, 4.69) is 19.2 Å². The average molecular weight is 292 g/mol. The Morgan fingerprint density at radius 3 is 2.70 bits per heavy atom. The van der Waals surface area contributed by atoms with Crippen molar-refractivity contribution in [2.24, 2.45) is 0 Å². The van der Waals surface area contributed by atoms with E-state index in [1.54, 1.807) is 12.1 Å². The van der Waals surface area contributed by atoms with Crippen LogP contribution < -0.4 is 5.32 Å². The van der Waals surface area contributed by atoms with Crippen LogP contribution in [0.5, 0.6) is 0 Å². The first-order valence-corrected chi connectivity index (χ1v) is 7.22. The van der Waals surface area contributed by atoms with Gasteiger partial charge in [-0.3, -0.25) is 0 Å². The summed E-state index contributed by atoms with van der Waals surface area (Å²) in [6.45, 7) is 4.99. The van der Waals surface area contributed by atoms with Gasteiger partial charge in [-0.2, -0.15) is 0 Å². The number of hydrogen-bond donors (Lipinski definition) is 1. The molecule has 0 aliphatic carbocycles. The summed E-state index contributed by atoms with van der Waals surface area (Å²) in [5.74, 6) is -0.194. The van der Waals surface area contributed by atoms with Gasteiger partial charge in [0, 0.05) is 11.1 Å². The number of benzene rings is 2. The highest BCUT2D eigenvalue weighted by Gasteiger charge is 2.14. The number of hydrogen-bond acceptors (Lipinski definition) is 1. The quantitative estimate of drug-likeness (QED) is 0.843. The molecule has 2 aromatic rings. The van der Waals surface area contributed by atoms with Crippen molar-refractivity contribution in [3.63, 3.8) is 0 Å². The molecule has 1 N–H and O–H groups in total. The molecule has 0 radical (unpaired) electrons. The molecule has 1 atom stereocenters. The third-order valence-electron chi connectivity index (χ3n) is 3.40. The lowest BCUT2D eigenvalue weighted by Gasteiger charge is -2.21. The van der Waals surface area contributed by atoms with Crippen LogP contribution in [0, 0.1) is 12.7 Å². The summed E-state index contributed by atoms with van der Waals surface area (Å²) >= 11 is 6.10. The largest absolute Gasteiger partial charge is 0.310 e. The summed E-state index contributed by atoms with van der Waals surface area (Å²) in [4.78, 5) is 0. The van der Waals surface area contributed by atoms with Crippen LogP contribution in [0.2, 0.25) is 5.02 Å². The molecular weight excluding hydrogens is 273 g/mol. The van der Waals surface area contributed by atoms with Crippen LogP contribution in [0.15, 0.2) is 42.5 Å². The van der Waals surface area contributed by atoms with Gasteiger partial charge in [0.05, 0.1) is 0 Å². The van der Waals surface area contributed by atoms with Gasteiger partial charge >= 0.3 is 0 Å². The molecule has 0 heterocycles. The molecule has 0 fully saturated rings. The monoisotopic (exact) mass is 291 g/mol. The number of halogens is 2. The van der Waals surface area contributed by atoms with E-state index in [9.17, 15) is 4.39 Å².